The minimum Gasteiger partial charge on any atom is -0.496 e. The van der Waals surface area contributed by atoms with Crippen LogP contribution in [-0.4, -0.2) is 33.1 Å². The van der Waals surface area contributed by atoms with E-state index in [-0.39, 0.29) is 50.9 Å². The topological polar surface area (TPSA) is 92.0 Å². The molecule has 2 aromatic carbocycles. The van der Waals surface area contributed by atoms with E-state index in [0.717, 1.165) is 0 Å². The molecule has 29 heavy (non-hydrogen) atoms. The summed E-state index contributed by atoms with van der Waals surface area (Å²) in [5, 5.41) is 0.463. The fourth-order valence-electron chi connectivity index (χ4n) is 3.11. The fraction of sp³-hybridized carbons (Fsp3) is 0.227. The van der Waals surface area contributed by atoms with Crippen molar-refractivity contribution in [3.8, 4) is 11.5 Å². The predicted octanol–water partition coefficient (Wildman–Crippen LogP) is 3.44. The molecule has 0 saturated heterocycles. The molecule has 0 fully saturated rings. The van der Waals surface area contributed by atoms with Gasteiger partial charge in [0, 0.05) is 6.42 Å². The molecule has 150 valence electrons. The Morgan fingerprint density at radius 1 is 1.10 bits per heavy atom. The lowest BCUT2D eigenvalue weighted by Crippen LogP contribution is -2.09. The predicted molar refractivity (Wildman–Crippen MR) is 108 cm³/mol. The Morgan fingerprint density at radius 3 is 2.41 bits per heavy atom. The molecule has 0 bridgehead atoms. The summed E-state index contributed by atoms with van der Waals surface area (Å²) in [6, 6.07) is 6.16. The van der Waals surface area contributed by atoms with Crippen LogP contribution < -0.4 is 14.9 Å². The second-order valence-corrected chi connectivity index (χ2v) is 6.50. The highest BCUT2D eigenvalue weighted by atomic mass is 16.5. The number of allylic oxidation sites excluding steroid dienone is 1. The molecule has 3 rings (SSSR count). The van der Waals surface area contributed by atoms with Crippen LogP contribution in [0.25, 0.3) is 21.9 Å². The van der Waals surface area contributed by atoms with E-state index >= 15 is 0 Å². The summed E-state index contributed by atoms with van der Waals surface area (Å²) in [7, 11) is 4.05. The third kappa shape index (κ3) is 3.47. The van der Waals surface area contributed by atoms with Crippen molar-refractivity contribution in [1.29, 1.82) is 0 Å². The van der Waals surface area contributed by atoms with Crippen molar-refractivity contribution < 1.29 is 28.2 Å². The number of carbonyl (C=O) groups excluding carboxylic acids is 2. The molecule has 0 unspecified atom stereocenters. The van der Waals surface area contributed by atoms with Gasteiger partial charge in [-0.05, 0) is 42.3 Å². The van der Waals surface area contributed by atoms with Gasteiger partial charge in [0.2, 0.25) is 5.43 Å². The van der Waals surface area contributed by atoms with Crippen molar-refractivity contribution >= 4 is 33.7 Å². The number of ketones is 1. The molecule has 0 atom stereocenters. The summed E-state index contributed by atoms with van der Waals surface area (Å²) >= 11 is 0. The lowest BCUT2D eigenvalue weighted by Gasteiger charge is -2.12. The van der Waals surface area contributed by atoms with Gasteiger partial charge in [0.15, 0.2) is 17.1 Å². The molecule has 1 aromatic heterocycles. The van der Waals surface area contributed by atoms with Gasteiger partial charge < -0.3 is 18.6 Å². The van der Waals surface area contributed by atoms with E-state index in [1.54, 1.807) is 19.1 Å². The number of carbonyl (C=O) groups is 2. The zero-order chi connectivity index (χ0) is 21.3. The number of esters is 1. The van der Waals surface area contributed by atoms with Crippen LogP contribution in [0.4, 0.5) is 0 Å². The molecular weight excluding hydrogens is 376 g/mol. The largest absolute Gasteiger partial charge is 0.496 e. The second-order valence-electron chi connectivity index (χ2n) is 6.50. The van der Waals surface area contributed by atoms with Gasteiger partial charge in [-0.2, -0.15) is 0 Å². The summed E-state index contributed by atoms with van der Waals surface area (Å²) < 4.78 is 21.4. The number of ether oxygens (including phenoxy) is 3. The first-order chi connectivity index (χ1) is 13.8. The number of benzene rings is 2. The lowest BCUT2D eigenvalue weighted by molar-refractivity contribution is -0.114. The van der Waals surface area contributed by atoms with Gasteiger partial charge in [0.1, 0.15) is 22.3 Å². The highest BCUT2D eigenvalue weighted by Crippen LogP contribution is 2.34. The molecule has 0 spiro atoms. The maximum atomic E-state index is 13.1. The highest BCUT2D eigenvalue weighted by molar-refractivity contribution is 6.02. The smallest absolute Gasteiger partial charge is 0.341 e. The normalized spacial score (nSPS) is 10.8. The number of hydrogen-bond donors (Lipinski definition) is 0. The lowest BCUT2D eigenvalue weighted by atomic mass is 10.0. The highest BCUT2D eigenvalue weighted by Gasteiger charge is 2.22. The summed E-state index contributed by atoms with van der Waals surface area (Å²) in [6.45, 7) is 5.29. The van der Waals surface area contributed by atoms with Gasteiger partial charge in [-0.3, -0.25) is 9.59 Å². The summed E-state index contributed by atoms with van der Waals surface area (Å²) in [4.78, 5) is 37.2. The number of Topliss-reactive ketones (excluding diaryl/α,β-unsaturated/α-hetero) is 1. The zero-order valence-electron chi connectivity index (χ0n) is 16.6. The Balaban J connectivity index is 2.37. The first-order valence-electron chi connectivity index (χ1n) is 8.73. The minimum atomic E-state index is -0.620. The number of hydrogen-bond acceptors (Lipinski definition) is 7. The van der Waals surface area contributed by atoms with Gasteiger partial charge in [0.25, 0.3) is 0 Å². The van der Waals surface area contributed by atoms with E-state index in [9.17, 15) is 14.4 Å². The van der Waals surface area contributed by atoms with Crippen molar-refractivity contribution in [2.24, 2.45) is 0 Å². The van der Waals surface area contributed by atoms with Gasteiger partial charge in [-0.1, -0.05) is 6.58 Å². The molecule has 3 aromatic rings. The van der Waals surface area contributed by atoms with Crippen LogP contribution >= 0.6 is 0 Å². The van der Waals surface area contributed by atoms with Crippen LogP contribution in [-0.2, 0) is 16.0 Å². The molecule has 0 aliphatic carbocycles. The van der Waals surface area contributed by atoms with Crippen molar-refractivity contribution in [2.45, 2.75) is 13.3 Å². The van der Waals surface area contributed by atoms with E-state index in [0.29, 0.717) is 16.9 Å². The van der Waals surface area contributed by atoms with Crippen LogP contribution in [0.2, 0.25) is 0 Å². The Hall–Kier alpha value is -3.61. The van der Waals surface area contributed by atoms with E-state index in [1.165, 1.54) is 33.5 Å². The molecule has 1 heterocycles. The first kappa shape index (κ1) is 20.1. The third-order valence-electron chi connectivity index (χ3n) is 4.59. The molecule has 0 aliphatic rings. The molecule has 0 N–H and O–H groups in total. The van der Waals surface area contributed by atoms with Gasteiger partial charge in [0.05, 0.1) is 26.7 Å². The Morgan fingerprint density at radius 2 is 1.83 bits per heavy atom. The van der Waals surface area contributed by atoms with Gasteiger partial charge in [-0.15, -0.1) is 0 Å². The van der Waals surface area contributed by atoms with Gasteiger partial charge in [-0.25, -0.2) is 4.79 Å². The molecule has 7 nitrogen and oxygen atoms in total. The fourth-order valence-corrected chi connectivity index (χ4v) is 3.11. The summed E-state index contributed by atoms with van der Waals surface area (Å²) in [5.74, 6) is -0.376. The number of rotatable bonds is 6. The second kappa shape index (κ2) is 7.79. The van der Waals surface area contributed by atoms with Crippen molar-refractivity contribution in [3.05, 3.63) is 57.8 Å². The van der Waals surface area contributed by atoms with Crippen LogP contribution in [0.5, 0.6) is 11.5 Å². The monoisotopic (exact) mass is 396 g/mol. The Kier molecular flexibility index (Phi) is 5.41. The molecule has 0 radical (unpaired) electrons. The third-order valence-corrected chi connectivity index (χ3v) is 4.59. The van der Waals surface area contributed by atoms with Crippen molar-refractivity contribution in [1.82, 2.24) is 0 Å². The van der Waals surface area contributed by atoms with E-state index in [4.69, 9.17) is 18.6 Å². The average Bonchev–Trinajstić information content (AvgIpc) is 2.71. The average molecular weight is 396 g/mol. The first-order valence-corrected chi connectivity index (χ1v) is 8.73. The maximum absolute atomic E-state index is 13.1. The van der Waals surface area contributed by atoms with Gasteiger partial charge >= 0.3 is 5.97 Å². The van der Waals surface area contributed by atoms with Crippen molar-refractivity contribution in [3.63, 3.8) is 0 Å². The maximum Gasteiger partial charge on any atom is 0.341 e. The van der Waals surface area contributed by atoms with Crippen LogP contribution in [0.3, 0.4) is 0 Å². The number of methoxy groups -OCH3 is 3. The quantitative estimate of drug-likeness (QED) is 0.358. The molecular formula is C22H20O7. The standard InChI is InChI=1S/C22H20O7/c1-11(2)15(23)8-12-9-16(26-3)18-17(10-12)29-21-13(19(18)24)6-7-14(20(21)27-4)22(25)28-5/h6-7,9-10H,1,8H2,2-5H3. The molecule has 0 saturated carbocycles. The molecule has 0 aliphatic heterocycles. The molecule has 7 heteroatoms. The summed E-state index contributed by atoms with van der Waals surface area (Å²) in [6.07, 6.45) is 0.0860. The van der Waals surface area contributed by atoms with E-state index < -0.39 is 5.97 Å². The number of fused-ring (bicyclic) bond motifs is 2. The van der Waals surface area contributed by atoms with Crippen LogP contribution in [0.15, 0.2) is 45.6 Å². The SMILES string of the molecule is C=C(C)C(=O)Cc1cc(OC)c2c(=O)c3ccc(C(=O)OC)c(OC)c3oc2c1. The van der Waals surface area contributed by atoms with Crippen LogP contribution in [0, 0.1) is 0 Å². The summed E-state index contributed by atoms with van der Waals surface area (Å²) in [5.41, 5.74) is 1.14. The molecule has 0 amide bonds. The Labute approximate surface area is 166 Å². The van der Waals surface area contributed by atoms with Crippen LogP contribution in [0.1, 0.15) is 22.8 Å². The van der Waals surface area contributed by atoms with E-state index in [1.807, 2.05) is 0 Å². The Bertz CT molecular complexity index is 1220. The zero-order valence-corrected chi connectivity index (χ0v) is 16.6. The minimum absolute atomic E-state index is 0.0860. The van der Waals surface area contributed by atoms with Crippen molar-refractivity contribution in [2.75, 3.05) is 21.3 Å². The van der Waals surface area contributed by atoms with E-state index in [2.05, 4.69) is 6.58 Å².